The molecule has 0 saturated carbocycles. The second-order valence-corrected chi connectivity index (χ2v) is 9.01. The molecular weight excluding hydrogens is 397 g/mol. The molecule has 1 N–H and O–H groups in total. The summed E-state index contributed by atoms with van der Waals surface area (Å²) in [6.45, 7) is 8.93. The molecule has 1 aliphatic rings. The number of amides is 1. The number of nitrogens with zero attached hydrogens (tertiary/aromatic N) is 3. The van der Waals surface area contributed by atoms with Gasteiger partial charge in [-0.05, 0) is 36.8 Å². The number of rotatable bonds is 5. The normalized spacial score (nSPS) is 14.6. The fourth-order valence-corrected chi connectivity index (χ4v) is 3.51. The molecule has 3 rings (SSSR count). The lowest BCUT2D eigenvalue weighted by atomic mass is 9.92. The smallest absolute Gasteiger partial charge is 0.362 e. The Balaban J connectivity index is 1.75. The third kappa shape index (κ3) is 5.96. The zero-order chi connectivity index (χ0) is 22.1. The zero-order valence-corrected chi connectivity index (χ0v) is 17.7. The summed E-state index contributed by atoms with van der Waals surface area (Å²) in [5, 5.41) is 6.43. The summed E-state index contributed by atoms with van der Waals surface area (Å²) in [6, 6.07) is 3.31. The van der Waals surface area contributed by atoms with Crippen molar-refractivity contribution in [3.05, 3.63) is 34.8 Å². The standard InChI is InChI=1S/C21H27F3N4O2/c1-13-8-17-16(25-19(13)26-18(29)11-20(2,3)4)6-5-7-28(17)12-15-9-14(27-30-15)10-21(22,23)24/h8-9H,5-7,10-12H2,1-4H3,(H,25,26,29). The SMILES string of the molecule is Cc1cc2c(nc1NC(=O)CC(C)(C)C)CCCN2Cc1cc(CC(F)(F)F)no1. The molecule has 0 spiro atoms. The highest BCUT2D eigenvalue weighted by molar-refractivity contribution is 5.91. The van der Waals surface area contributed by atoms with Gasteiger partial charge in [-0.15, -0.1) is 0 Å². The minimum Gasteiger partial charge on any atom is -0.362 e. The summed E-state index contributed by atoms with van der Waals surface area (Å²) in [4.78, 5) is 19.0. The van der Waals surface area contributed by atoms with Gasteiger partial charge in [-0.25, -0.2) is 4.98 Å². The van der Waals surface area contributed by atoms with Gasteiger partial charge >= 0.3 is 6.18 Å². The van der Waals surface area contributed by atoms with E-state index >= 15 is 0 Å². The van der Waals surface area contributed by atoms with E-state index in [9.17, 15) is 18.0 Å². The van der Waals surface area contributed by atoms with Crippen LogP contribution >= 0.6 is 0 Å². The molecule has 0 aromatic carbocycles. The van der Waals surface area contributed by atoms with Gasteiger partial charge in [0, 0.05) is 19.0 Å². The van der Waals surface area contributed by atoms with Gasteiger partial charge in [0.2, 0.25) is 5.91 Å². The van der Waals surface area contributed by atoms with Crippen LogP contribution < -0.4 is 10.2 Å². The minimum absolute atomic E-state index is 0.0791. The Morgan fingerprint density at radius 2 is 2.00 bits per heavy atom. The Kier molecular flexibility index (Phi) is 6.10. The van der Waals surface area contributed by atoms with Crippen molar-refractivity contribution < 1.29 is 22.5 Å². The van der Waals surface area contributed by atoms with Gasteiger partial charge in [-0.3, -0.25) is 4.79 Å². The number of nitrogens with one attached hydrogen (secondary N) is 1. The number of aromatic nitrogens is 2. The van der Waals surface area contributed by atoms with Crippen molar-refractivity contribution in [2.75, 3.05) is 16.8 Å². The van der Waals surface area contributed by atoms with Crippen LogP contribution in [0.2, 0.25) is 0 Å². The number of hydrogen-bond donors (Lipinski definition) is 1. The molecule has 0 fully saturated rings. The van der Waals surface area contributed by atoms with Crippen molar-refractivity contribution in [1.82, 2.24) is 10.1 Å². The van der Waals surface area contributed by atoms with E-state index in [0.717, 1.165) is 36.3 Å². The van der Waals surface area contributed by atoms with Gasteiger partial charge in [-0.2, -0.15) is 13.2 Å². The lowest BCUT2D eigenvalue weighted by Gasteiger charge is -2.30. The van der Waals surface area contributed by atoms with Crippen LogP contribution in [0.3, 0.4) is 0 Å². The quantitative estimate of drug-likeness (QED) is 0.746. The molecule has 0 unspecified atom stereocenters. The highest BCUT2D eigenvalue weighted by Crippen LogP contribution is 2.31. The van der Waals surface area contributed by atoms with Gasteiger partial charge in [0.15, 0.2) is 5.76 Å². The number of anilines is 2. The van der Waals surface area contributed by atoms with Crippen molar-refractivity contribution in [3.63, 3.8) is 0 Å². The molecule has 2 aromatic heterocycles. The summed E-state index contributed by atoms with van der Waals surface area (Å²) in [5.74, 6) is 0.851. The summed E-state index contributed by atoms with van der Waals surface area (Å²) >= 11 is 0. The van der Waals surface area contributed by atoms with Crippen LogP contribution in [0.15, 0.2) is 16.7 Å². The molecule has 164 valence electrons. The van der Waals surface area contributed by atoms with E-state index in [1.54, 1.807) is 0 Å². The van der Waals surface area contributed by atoms with E-state index < -0.39 is 12.6 Å². The van der Waals surface area contributed by atoms with Crippen LogP contribution in [0.1, 0.15) is 56.3 Å². The van der Waals surface area contributed by atoms with E-state index in [2.05, 4.69) is 15.5 Å². The molecule has 1 amide bonds. The van der Waals surface area contributed by atoms with Crippen LogP contribution in [0.25, 0.3) is 0 Å². The van der Waals surface area contributed by atoms with Gasteiger partial charge in [0.1, 0.15) is 5.82 Å². The maximum Gasteiger partial charge on any atom is 0.394 e. The average Bonchev–Trinajstić information content (AvgIpc) is 2.99. The number of halogens is 3. The molecule has 1 aliphatic heterocycles. The largest absolute Gasteiger partial charge is 0.394 e. The summed E-state index contributed by atoms with van der Waals surface area (Å²) in [6.07, 6.45) is -3.42. The highest BCUT2D eigenvalue weighted by Gasteiger charge is 2.30. The Bertz CT molecular complexity index is 916. The summed E-state index contributed by atoms with van der Waals surface area (Å²) in [5.41, 5.74) is 2.35. The van der Waals surface area contributed by atoms with E-state index in [0.29, 0.717) is 24.5 Å². The van der Waals surface area contributed by atoms with E-state index in [-0.39, 0.29) is 17.0 Å². The van der Waals surface area contributed by atoms with Crippen molar-refractivity contribution in [2.45, 2.75) is 66.1 Å². The number of alkyl halides is 3. The first-order chi connectivity index (χ1) is 13.9. The maximum atomic E-state index is 12.5. The monoisotopic (exact) mass is 424 g/mol. The van der Waals surface area contributed by atoms with Crippen molar-refractivity contribution in [3.8, 4) is 0 Å². The third-order valence-corrected chi connectivity index (χ3v) is 4.74. The van der Waals surface area contributed by atoms with Crippen LogP contribution in [0.5, 0.6) is 0 Å². The molecule has 0 radical (unpaired) electrons. The van der Waals surface area contributed by atoms with Gasteiger partial charge < -0.3 is 14.7 Å². The van der Waals surface area contributed by atoms with Crippen molar-refractivity contribution >= 4 is 17.4 Å². The lowest BCUT2D eigenvalue weighted by Crippen LogP contribution is -2.30. The Morgan fingerprint density at radius 1 is 1.27 bits per heavy atom. The number of pyridine rings is 1. The number of carbonyl (C=O) groups is 1. The Labute approximate surface area is 173 Å². The molecule has 0 bridgehead atoms. The van der Waals surface area contributed by atoms with Crippen molar-refractivity contribution in [2.24, 2.45) is 5.41 Å². The molecule has 30 heavy (non-hydrogen) atoms. The number of aryl methyl sites for hydroxylation is 2. The first kappa shape index (κ1) is 22.1. The highest BCUT2D eigenvalue weighted by atomic mass is 19.4. The molecular formula is C21H27F3N4O2. The van der Waals surface area contributed by atoms with Gasteiger partial charge in [0.25, 0.3) is 0 Å². The maximum absolute atomic E-state index is 12.5. The Hall–Kier alpha value is -2.58. The van der Waals surface area contributed by atoms with E-state index in [1.807, 2.05) is 38.7 Å². The second kappa shape index (κ2) is 8.28. The lowest BCUT2D eigenvalue weighted by molar-refractivity contribution is -0.128. The van der Waals surface area contributed by atoms with Crippen LogP contribution in [0.4, 0.5) is 24.7 Å². The zero-order valence-electron chi connectivity index (χ0n) is 17.7. The predicted molar refractivity (Wildman–Crippen MR) is 107 cm³/mol. The first-order valence-electron chi connectivity index (χ1n) is 9.96. The van der Waals surface area contributed by atoms with Crippen LogP contribution in [-0.4, -0.2) is 28.8 Å². The van der Waals surface area contributed by atoms with Crippen LogP contribution in [-0.2, 0) is 24.2 Å². The molecule has 6 nitrogen and oxygen atoms in total. The van der Waals surface area contributed by atoms with Crippen molar-refractivity contribution in [1.29, 1.82) is 0 Å². The number of carbonyl (C=O) groups excluding carboxylic acids is 1. The van der Waals surface area contributed by atoms with Gasteiger partial charge in [0.05, 0.1) is 30.0 Å². The molecule has 0 saturated heterocycles. The molecule has 9 heteroatoms. The summed E-state index contributed by atoms with van der Waals surface area (Å²) in [7, 11) is 0. The second-order valence-electron chi connectivity index (χ2n) is 9.01. The number of fused-ring (bicyclic) bond motifs is 1. The molecule has 0 atom stereocenters. The van der Waals surface area contributed by atoms with Crippen LogP contribution in [0, 0.1) is 12.3 Å². The average molecular weight is 424 g/mol. The third-order valence-electron chi connectivity index (χ3n) is 4.74. The Morgan fingerprint density at radius 3 is 2.67 bits per heavy atom. The van der Waals surface area contributed by atoms with E-state index in [4.69, 9.17) is 4.52 Å². The molecule has 0 aliphatic carbocycles. The summed E-state index contributed by atoms with van der Waals surface area (Å²) < 4.78 is 42.7. The number of hydrogen-bond acceptors (Lipinski definition) is 5. The fourth-order valence-electron chi connectivity index (χ4n) is 3.51. The van der Waals surface area contributed by atoms with E-state index in [1.165, 1.54) is 6.07 Å². The topological polar surface area (TPSA) is 71.3 Å². The minimum atomic E-state index is -4.32. The fraction of sp³-hybridized carbons (Fsp3) is 0.571. The first-order valence-corrected chi connectivity index (χ1v) is 9.96. The predicted octanol–water partition coefficient (Wildman–Crippen LogP) is 4.81. The molecule has 3 heterocycles. The van der Waals surface area contributed by atoms with Gasteiger partial charge in [-0.1, -0.05) is 25.9 Å². The molecule has 2 aromatic rings.